The highest BCUT2D eigenvalue weighted by Gasteiger charge is 2.09. The van der Waals surface area contributed by atoms with Crippen molar-refractivity contribution in [2.24, 2.45) is 0 Å². The molecule has 3 heteroatoms. The van der Waals surface area contributed by atoms with Crippen molar-refractivity contribution < 1.29 is 4.79 Å². The largest absolute Gasteiger partial charge is 0.304 e. The van der Waals surface area contributed by atoms with Crippen molar-refractivity contribution >= 4 is 6.29 Å². The lowest BCUT2D eigenvalue weighted by atomic mass is 10.2. The number of nitrogens with one attached hydrogen (secondary N) is 2. The van der Waals surface area contributed by atoms with Crippen molar-refractivity contribution in [3.05, 3.63) is 0 Å². The molecule has 8 heavy (non-hydrogen) atoms. The highest BCUT2D eigenvalue weighted by molar-refractivity contribution is 5.58. The van der Waals surface area contributed by atoms with Crippen LogP contribution in [0.5, 0.6) is 0 Å². The zero-order chi connectivity index (χ0) is 5.82. The monoisotopic (exact) mass is 113 g/mol. The maximum atomic E-state index is 9.94. The van der Waals surface area contributed by atoms with Crippen LogP contribution >= 0.6 is 0 Å². The minimum absolute atomic E-state index is 0.0313. The second-order valence-electron chi connectivity index (χ2n) is 1.84. The summed E-state index contributed by atoms with van der Waals surface area (Å²) in [6.45, 7) is 1.66. The van der Waals surface area contributed by atoms with Gasteiger partial charge in [-0.05, 0) is 13.0 Å². The summed E-state index contributed by atoms with van der Waals surface area (Å²) < 4.78 is 0. The maximum absolute atomic E-state index is 9.94. The van der Waals surface area contributed by atoms with Gasteiger partial charge in [0.05, 0.1) is 6.04 Å². The third-order valence-electron chi connectivity index (χ3n) is 1.23. The molecule has 1 aliphatic heterocycles. The Hall–Kier alpha value is -0.410. The first kappa shape index (κ1) is 5.72. The summed E-state index contributed by atoms with van der Waals surface area (Å²) in [5, 5.41) is 5.99. The van der Waals surface area contributed by atoms with Gasteiger partial charge >= 0.3 is 0 Å². The van der Waals surface area contributed by atoms with Crippen molar-refractivity contribution in [3.63, 3.8) is 0 Å². The van der Waals surface area contributed by atoms with Crippen molar-refractivity contribution in [1.29, 1.82) is 0 Å². The molecule has 0 aromatic carbocycles. The zero-order valence-electron chi connectivity index (χ0n) is 4.61. The van der Waals surface area contributed by atoms with E-state index >= 15 is 0 Å². The summed E-state index contributed by atoms with van der Waals surface area (Å²) in [6, 6.07) is -0.0313. The number of hydrogen-bond donors (Lipinski definition) is 2. The number of carbonyl (C=O) groups excluding carboxylic acids is 1. The summed E-state index contributed by atoms with van der Waals surface area (Å²) in [6.07, 6.45) is 2.77. The lowest BCUT2D eigenvalue weighted by Crippen LogP contribution is -2.45. The molecule has 1 unspecified atom stereocenters. The van der Waals surface area contributed by atoms with E-state index in [1.54, 1.807) is 0 Å². The molecule has 1 atom stereocenters. The smallest absolute Gasteiger partial charge is 0.216 e. The second-order valence-corrected chi connectivity index (χ2v) is 1.84. The van der Waals surface area contributed by atoms with Gasteiger partial charge in [0, 0.05) is 6.67 Å². The number of rotatable bonds is 1. The minimum Gasteiger partial charge on any atom is -0.304 e. The fourth-order valence-electron chi connectivity index (χ4n) is 0.733. The fourth-order valence-corrected chi connectivity index (χ4v) is 0.733. The molecule has 1 radical (unpaired) electrons. The van der Waals surface area contributed by atoms with Gasteiger partial charge < -0.3 is 5.32 Å². The van der Waals surface area contributed by atoms with Gasteiger partial charge in [0.15, 0.2) is 0 Å². The quantitative estimate of drug-likeness (QED) is 0.458. The van der Waals surface area contributed by atoms with Gasteiger partial charge in [-0.3, -0.25) is 10.1 Å². The molecule has 0 bridgehead atoms. The minimum atomic E-state index is -0.0313. The van der Waals surface area contributed by atoms with Crippen LogP contribution in [0.2, 0.25) is 0 Å². The van der Waals surface area contributed by atoms with Crippen molar-refractivity contribution in [2.45, 2.75) is 12.5 Å². The highest BCUT2D eigenvalue weighted by atomic mass is 16.1. The molecule has 0 aromatic rings. The first-order valence-corrected chi connectivity index (χ1v) is 2.75. The average Bonchev–Trinajstić information content (AvgIpc) is 1.90. The Bertz CT molecular complexity index is 78.5. The van der Waals surface area contributed by atoms with Gasteiger partial charge in [-0.15, -0.1) is 0 Å². The average molecular weight is 113 g/mol. The molecule has 1 aliphatic rings. The van der Waals surface area contributed by atoms with E-state index in [9.17, 15) is 4.79 Å². The molecule has 1 heterocycles. The molecule has 0 saturated carbocycles. The molecule has 2 N–H and O–H groups in total. The van der Waals surface area contributed by atoms with Gasteiger partial charge in [0.25, 0.3) is 0 Å². The molecule has 0 aromatic heterocycles. The van der Waals surface area contributed by atoms with E-state index in [2.05, 4.69) is 10.6 Å². The summed E-state index contributed by atoms with van der Waals surface area (Å²) in [5.41, 5.74) is 0. The molecule has 45 valence electrons. The zero-order valence-corrected chi connectivity index (χ0v) is 4.61. The Balaban J connectivity index is 2.22. The predicted octanol–water partition coefficient (Wildman–Crippen LogP) is -0.995. The standard InChI is InChI=1S/C5H9N2O/c8-3-5-1-2-6-4-7-5/h5-7H,1-2,4H2. The molecule has 3 nitrogen and oxygen atoms in total. The van der Waals surface area contributed by atoms with Gasteiger partial charge in [-0.25, -0.2) is 0 Å². The third-order valence-corrected chi connectivity index (χ3v) is 1.23. The molecule has 1 saturated heterocycles. The highest BCUT2D eigenvalue weighted by Crippen LogP contribution is 1.88. The van der Waals surface area contributed by atoms with Gasteiger partial charge in [-0.1, -0.05) is 0 Å². The Morgan fingerprint density at radius 1 is 1.62 bits per heavy atom. The van der Waals surface area contributed by atoms with E-state index in [0.29, 0.717) is 0 Å². The van der Waals surface area contributed by atoms with E-state index < -0.39 is 0 Å². The van der Waals surface area contributed by atoms with Gasteiger partial charge in [0.1, 0.15) is 0 Å². The summed E-state index contributed by atoms with van der Waals surface area (Å²) in [5.74, 6) is 0. The van der Waals surface area contributed by atoms with E-state index in [1.807, 2.05) is 6.29 Å². The molecular formula is C5H9N2O. The predicted molar refractivity (Wildman–Crippen MR) is 30.1 cm³/mol. The van der Waals surface area contributed by atoms with E-state index in [1.165, 1.54) is 0 Å². The van der Waals surface area contributed by atoms with Crippen LogP contribution in [0.1, 0.15) is 6.42 Å². The maximum Gasteiger partial charge on any atom is 0.216 e. The van der Waals surface area contributed by atoms with Crippen LogP contribution in [0.15, 0.2) is 0 Å². The molecule has 1 rings (SSSR count). The lowest BCUT2D eigenvalue weighted by Gasteiger charge is -2.17. The van der Waals surface area contributed by atoms with Crippen LogP contribution in [0.3, 0.4) is 0 Å². The van der Waals surface area contributed by atoms with Crippen LogP contribution in [0.4, 0.5) is 0 Å². The van der Waals surface area contributed by atoms with E-state index in [-0.39, 0.29) is 6.04 Å². The molecular weight excluding hydrogens is 104 g/mol. The summed E-state index contributed by atoms with van der Waals surface area (Å²) >= 11 is 0. The van der Waals surface area contributed by atoms with E-state index in [4.69, 9.17) is 0 Å². The SMILES string of the molecule is O=[C]C1CCNCN1. The van der Waals surface area contributed by atoms with Gasteiger partial charge in [-0.2, -0.15) is 0 Å². The lowest BCUT2D eigenvalue weighted by molar-refractivity contribution is 0.430. The van der Waals surface area contributed by atoms with Crippen molar-refractivity contribution in [2.75, 3.05) is 13.2 Å². The first-order valence-electron chi connectivity index (χ1n) is 2.75. The Kier molecular flexibility index (Phi) is 2.00. The van der Waals surface area contributed by atoms with Crippen LogP contribution in [-0.2, 0) is 4.79 Å². The summed E-state index contributed by atoms with van der Waals surface area (Å²) in [4.78, 5) is 9.94. The molecule has 0 aliphatic carbocycles. The van der Waals surface area contributed by atoms with Crippen LogP contribution in [-0.4, -0.2) is 25.5 Å². The Labute approximate surface area is 48.5 Å². The Morgan fingerprint density at radius 3 is 2.88 bits per heavy atom. The van der Waals surface area contributed by atoms with Crippen LogP contribution < -0.4 is 10.6 Å². The van der Waals surface area contributed by atoms with Gasteiger partial charge in [0.2, 0.25) is 6.29 Å². The molecule has 1 fully saturated rings. The van der Waals surface area contributed by atoms with Crippen molar-refractivity contribution in [1.82, 2.24) is 10.6 Å². The Morgan fingerprint density at radius 2 is 2.50 bits per heavy atom. The van der Waals surface area contributed by atoms with Crippen molar-refractivity contribution in [3.8, 4) is 0 Å². The topological polar surface area (TPSA) is 41.1 Å². The third kappa shape index (κ3) is 1.28. The normalized spacial score (nSPS) is 29.8. The molecule has 0 amide bonds. The fraction of sp³-hybridized carbons (Fsp3) is 0.800. The summed E-state index contributed by atoms with van der Waals surface area (Å²) in [7, 11) is 0. The van der Waals surface area contributed by atoms with Crippen LogP contribution in [0, 0.1) is 0 Å². The first-order chi connectivity index (χ1) is 3.93. The second kappa shape index (κ2) is 2.79. The molecule has 0 spiro atoms. The van der Waals surface area contributed by atoms with E-state index in [0.717, 1.165) is 19.6 Å². The number of hydrogen-bond acceptors (Lipinski definition) is 3. The van der Waals surface area contributed by atoms with Crippen LogP contribution in [0.25, 0.3) is 0 Å².